The first-order valence-corrected chi connectivity index (χ1v) is 9.21. The predicted octanol–water partition coefficient (Wildman–Crippen LogP) is 2.25. The van der Waals surface area contributed by atoms with Gasteiger partial charge in [-0.15, -0.1) is 0 Å². The third kappa shape index (κ3) is 1.85. The number of carbonyl (C=O) groups excluding carboxylic acids is 2. The highest BCUT2D eigenvalue weighted by Gasteiger charge is 2.67. The lowest BCUT2D eigenvalue weighted by atomic mass is 9.45. The van der Waals surface area contributed by atoms with Crippen molar-refractivity contribution in [3.8, 4) is 0 Å². The molecule has 0 spiro atoms. The van der Waals surface area contributed by atoms with Gasteiger partial charge >= 0.3 is 0 Å². The Bertz CT molecular complexity index is 572. The summed E-state index contributed by atoms with van der Waals surface area (Å²) in [6.45, 7) is 4.26. The van der Waals surface area contributed by atoms with Crippen LogP contribution in [-0.2, 0) is 9.59 Å². The van der Waals surface area contributed by atoms with E-state index < -0.39 is 11.2 Å². The van der Waals surface area contributed by atoms with Gasteiger partial charge in [0, 0.05) is 24.7 Å². The molecular formula is C19H28O4. The molecule has 2 N–H and O–H groups in total. The SMILES string of the molecule is CC1CC2(O)CC(=O)CCC2(O)[C@H]2CC[C@]3(C)C(=O)CC[C@H]3[C@H]12. The topological polar surface area (TPSA) is 74.6 Å². The molecule has 0 heterocycles. The zero-order chi connectivity index (χ0) is 16.6. The highest BCUT2D eigenvalue weighted by molar-refractivity contribution is 5.87. The van der Waals surface area contributed by atoms with Crippen LogP contribution in [0, 0.1) is 29.1 Å². The lowest BCUT2D eigenvalue weighted by molar-refractivity contribution is -0.260. The van der Waals surface area contributed by atoms with Gasteiger partial charge in [-0.2, -0.15) is 0 Å². The Hall–Kier alpha value is -0.740. The highest BCUT2D eigenvalue weighted by atomic mass is 16.4. The quantitative estimate of drug-likeness (QED) is 0.718. The van der Waals surface area contributed by atoms with Crippen LogP contribution in [0.2, 0.25) is 0 Å². The molecule has 0 saturated heterocycles. The first-order valence-electron chi connectivity index (χ1n) is 9.21. The molecule has 128 valence electrons. The molecule has 0 bridgehead atoms. The molecule has 4 fully saturated rings. The molecule has 7 atom stereocenters. The van der Waals surface area contributed by atoms with Crippen LogP contribution in [0.3, 0.4) is 0 Å². The molecule has 3 unspecified atom stereocenters. The first-order chi connectivity index (χ1) is 10.7. The van der Waals surface area contributed by atoms with Gasteiger partial charge in [0.1, 0.15) is 17.2 Å². The van der Waals surface area contributed by atoms with E-state index in [1.807, 2.05) is 0 Å². The number of rotatable bonds is 0. The van der Waals surface area contributed by atoms with Crippen molar-refractivity contribution in [1.82, 2.24) is 0 Å². The van der Waals surface area contributed by atoms with E-state index in [1.54, 1.807) is 0 Å². The second-order valence-electron chi connectivity index (χ2n) is 9.06. The molecule has 0 aromatic carbocycles. The molecule has 4 aliphatic rings. The average Bonchev–Trinajstić information content (AvgIpc) is 2.77. The Morgan fingerprint density at radius 1 is 1.04 bits per heavy atom. The van der Waals surface area contributed by atoms with Gasteiger partial charge in [0.25, 0.3) is 0 Å². The summed E-state index contributed by atoms with van der Waals surface area (Å²) in [6.07, 6.45) is 4.53. The molecule has 0 aliphatic heterocycles. The van der Waals surface area contributed by atoms with Crippen molar-refractivity contribution in [1.29, 1.82) is 0 Å². The number of hydrogen-bond acceptors (Lipinski definition) is 4. The van der Waals surface area contributed by atoms with Gasteiger partial charge in [-0.05, 0) is 55.8 Å². The van der Waals surface area contributed by atoms with Crippen LogP contribution in [0.15, 0.2) is 0 Å². The molecule has 4 aliphatic carbocycles. The van der Waals surface area contributed by atoms with E-state index in [0.717, 1.165) is 19.3 Å². The maximum atomic E-state index is 12.4. The fourth-order valence-electron chi connectivity index (χ4n) is 6.90. The van der Waals surface area contributed by atoms with Crippen LogP contribution in [-0.4, -0.2) is 33.0 Å². The van der Waals surface area contributed by atoms with Crippen LogP contribution in [0.5, 0.6) is 0 Å². The van der Waals surface area contributed by atoms with Crippen LogP contribution in [0.1, 0.15) is 65.2 Å². The number of carbonyl (C=O) groups is 2. The van der Waals surface area contributed by atoms with E-state index in [-0.39, 0.29) is 29.5 Å². The summed E-state index contributed by atoms with van der Waals surface area (Å²) in [5.41, 5.74) is -2.64. The number of hydrogen-bond donors (Lipinski definition) is 2. The Labute approximate surface area is 137 Å². The summed E-state index contributed by atoms with van der Waals surface area (Å²) in [4.78, 5) is 24.3. The van der Waals surface area contributed by atoms with E-state index in [0.29, 0.717) is 43.3 Å². The second-order valence-corrected chi connectivity index (χ2v) is 9.06. The zero-order valence-electron chi connectivity index (χ0n) is 14.2. The summed E-state index contributed by atoms with van der Waals surface area (Å²) < 4.78 is 0. The third-order valence-corrected chi connectivity index (χ3v) is 8.05. The summed E-state index contributed by atoms with van der Waals surface area (Å²) in [5, 5.41) is 22.6. The van der Waals surface area contributed by atoms with Gasteiger partial charge in [-0.3, -0.25) is 9.59 Å². The highest BCUT2D eigenvalue weighted by Crippen LogP contribution is 2.64. The van der Waals surface area contributed by atoms with Crippen LogP contribution in [0.4, 0.5) is 0 Å². The number of Topliss-reactive ketones (excluding diaryl/α,β-unsaturated/α-hetero) is 2. The molecule has 0 aromatic heterocycles. The Morgan fingerprint density at radius 2 is 1.78 bits per heavy atom. The van der Waals surface area contributed by atoms with Gasteiger partial charge in [-0.1, -0.05) is 13.8 Å². The van der Waals surface area contributed by atoms with Crippen LogP contribution < -0.4 is 0 Å². The van der Waals surface area contributed by atoms with Crippen LogP contribution in [0.25, 0.3) is 0 Å². The normalized spacial score (nSPS) is 56.0. The fraction of sp³-hybridized carbons (Fsp3) is 0.895. The molecule has 0 radical (unpaired) electrons. The van der Waals surface area contributed by atoms with Gasteiger partial charge < -0.3 is 10.2 Å². The maximum Gasteiger partial charge on any atom is 0.139 e. The maximum absolute atomic E-state index is 12.4. The summed E-state index contributed by atoms with van der Waals surface area (Å²) in [6, 6.07) is 0. The Balaban J connectivity index is 1.74. The van der Waals surface area contributed by atoms with E-state index in [9.17, 15) is 19.8 Å². The first kappa shape index (κ1) is 15.8. The van der Waals surface area contributed by atoms with E-state index >= 15 is 0 Å². The minimum Gasteiger partial charge on any atom is -0.387 e. The van der Waals surface area contributed by atoms with E-state index in [4.69, 9.17) is 0 Å². The molecule has 0 amide bonds. The molecule has 4 saturated carbocycles. The fourth-order valence-corrected chi connectivity index (χ4v) is 6.90. The Morgan fingerprint density at radius 3 is 2.52 bits per heavy atom. The summed E-state index contributed by atoms with van der Waals surface area (Å²) in [7, 11) is 0. The van der Waals surface area contributed by atoms with Gasteiger partial charge in [0.05, 0.1) is 5.60 Å². The zero-order valence-corrected chi connectivity index (χ0v) is 14.2. The minimum atomic E-state index is -1.26. The van der Waals surface area contributed by atoms with Gasteiger partial charge in [0.15, 0.2) is 0 Å². The molecular weight excluding hydrogens is 292 g/mol. The Kier molecular flexibility index (Phi) is 3.20. The lowest BCUT2D eigenvalue weighted by Gasteiger charge is -2.63. The summed E-state index contributed by atoms with van der Waals surface area (Å²) in [5.74, 6) is 1.34. The molecule has 23 heavy (non-hydrogen) atoms. The molecule has 0 aromatic rings. The number of aliphatic hydroxyl groups is 2. The van der Waals surface area contributed by atoms with Crippen molar-refractivity contribution in [2.75, 3.05) is 0 Å². The van der Waals surface area contributed by atoms with Crippen molar-refractivity contribution >= 4 is 11.6 Å². The van der Waals surface area contributed by atoms with Crippen molar-refractivity contribution in [3.05, 3.63) is 0 Å². The largest absolute Gasteiger partial charge is 0.387 e. The van der Waals surface area contributed by atoms with Gasteiger partial charge in [-0.25, -0.2) is 0 Å². The smallest absolute Gasteiger partial charge is 0.139 e. The predicted molar refractivity (Wildman–Crippen MR) is 84.6 cm³/mol. The standard InChI is InChI=1S/C19H28O4/c1-11-9-18(22)10-12(20)5-8-19(18,23)14-6-7-17(2)13(16(11)14)3-4-15(17)21/h11,13-14,16,22-23H,3-10H2,1-2H3/t11?,13-,14-,16-,17-,18?,19?/m0/s1. The molecule has 4 rings (SSSR count). The van der Waals surface area contributed by atoms with Crippen molar-refractivity contribution in [2.45, 2.75) is 76.4 Å². The number of fused-ring (bicyclic) bond motifs is 5. The monoisotopic (exact) mass is 320 g/mol. The van der Waals surface area contributed by atoms with Crippen molar-refractivity contribution in [3.63, 3.8) is 0 Å². The van der Waals surface area contributed by atoms with E-state index in [1.165, 1.54) is 0 Å². The van der Waals surface area contributed by atoms with Crippen LogP contribution >= 0.6 is 0 Å². The van der Waals surface area contributed by atoms with Gasteiger partial charge in [0.2, 0.25) is 0 Å². The lowest BCUT2D eigenvalue weighted by Crippen LogP contribution is -2.69. The minimum absolute atomic E-state index is 0.0216. The van der Waals surface area contributed by atoms with Crippen molar-refractivity contribution < 1.29 is 19.8 Å². The summed E-state index contributed by atoms with van der Waals surface area (Å²) >= 11 is 0. The van der Waals surface area contributed by atoms with Crippen molar-refractivity contribution in [2.24, 2.45) is 29.1 Å². The number of ketones is 2. The second kappa shape index (κ2) is 4.66. The molecule has 4 heteroatoms. The third-order valence-electron chi connectivity index (χ3n) is 8.05. The van der Waals surface area contributed by atoms with E-state index in [2.05, 4.69) is 13.8 Å². The molecule has 4 nitrogen and oxygen atoms in total. The average molecular weight is 320 g/mol.